The number of nitrogens with one attached hydrogen (secondary N) is 1. The van der Waals surface area contributed by atoms with Gasteiger partial charge in [0.15, 0.2) is 0 Å². The molecule has 1 aromatic heterocycles. The molecule has 0 spiro atoms. The first-order chi connectivity index (χ1) is 8.24. The first kappa shape index (κ1) is 12.0. The van der Waals surface area contributed by atoms with Crippen LogP contribution < -0.4 is 4.84 Å². The van der Waals surface area contributed by atoms with Crippen LogP contribution in [0.1, 0.15) is 11.3 Å². The van der Waals surface area contributed by atoms with Gasteiger partial charge in [0.1, 0.15) is 11.5 Å². The molecule has 17 heavy (non-hydrogen) atoms. The second-order valence-corrected chi connectivity index (χ2v) is 3.66. The maximum absolute atomic E-state index is 13.2. The van der Waals surface area contributed by atoms with E-state index in [1.54, 1.807) is 6.07 Å². The van der Waals surface area contributed by atoms with Gasteiger partial charge in [-0.15, -0.1) is 5.10 Å². The van der Waals surface area contributed by atoms with E-state index < -0.39 is 0 Å². The van der Waals surface area contributed by atoms with Gasteiger partial charge in [-0.2, -0.15) is 0 Å². The Morgan fingerprint density at radius 1 is 1.47 bits per heavy atom. The summed E-state index contributed by atoms with van der Waals surface area (Å²) in [4.78, 5) is 2.47. The Morgan fingerprint density at radius 3 is 2.94 bits per heavy atom. The summed E-state index contributed by atoms with van der Waals surface area (Å²) in [6.45, 7) is 0.157. The number of aliphatic hydroxyl groups excluding tert-OH is 1. The monoisotopic (exact) mass is 256 g/mol. The van der Waals surface area contributed by atoms with Gasteiger partial charge in [-0.25, -0.2) is 13.9 Å². The van der Waals surface area contributed by atoms with Crippen molar-refractivity contribution in [1.29, 1.82) is 0 Å². The highest BCUT2D eigenvalue weighted by Crippen LogP contribution is 2.16. The van der Waals surface area contributed by atoms with Gasteiger partial charge < -0.3 is 5.11 Å². The summed E-state index contributed by atoms with van der Waals surface area (Å²) in [6, 6.07) is 4.29. The fourth-order valence-corrected chi connectivity index (χ4v) is 1.60. The lowest BCUT2D eigenvalue weighted by atomic mass is 10.2. The van der Waals surface area contributed by atoms with Crippen LogP contribution in [0.25, 0.3) is 5.69 Å². The maximum Gasteiger partial charge on any atom is 0.125 e. The minimum Gasteiger partial charge on any atom is -0.390 e. The Kier molecular flexibility index (Phi) is 3.68. The zero-order valence-electron chi connectivity index (χ0n) is 8.77. The van der Waals surface area contributed by atoms with Gasteiger partial charge >= 0.3 is 0 Å². The molecule has 0 saturated heterocycles. The predicted molar refractivity (Wildman–Crippen MR) is 59.9 cm³/mol. The maximum atomic E-state index is 13.2. The lowest BCUT2D eigenvalue weighted by Gasteiger charge is -2.07. The summed E-state index contributed by atoms with van der Waals surface area (Å²) in [5, 5.41) is 16.4. The quantitative estimate of drug-likeness (QED) is 0.806. The molecule has 2 aromatic rings. The van der Waals surface area contributed by atoms with E-state index in [1.165, 1.54) is 23.0 Å². The molecule has 2 rings (SSSR count). The van der Waals surface area contributed by atoms with Crippen molar-refractivity contribution in [2.45, 2.75) is 13.2 Å². The van der Waals surface area contributed by atoms with Gasteiger partial charge in [-0.3, -0.25) is 0 Å². The Hall–Kier alpha value is -1.50. The van der Waals surface area contributed by atoms with E-state index in [-0.39, 0.29) is 12.4 Å². The fourth-order valence-electron chi connectivity index (χ4n) is 1.46. The molecule has 0 aliphatic carbocycles. The molecule has 0 unspecified atom stereocenters. The van der Waals surface area contributed by atoms with Crippen LogP contribution in [0.15, 0.2) is 24.4 Å². The molecular weight excluding hydrogens is 247 g/mol. The summed E-state index contributed by atoms with van der Waals surface area (Å²) in [5.74, 6) is -0.376. The minimum absolute atomic E-state index is 0.210. The first-order valence-corrected chi connectivity index (χ1v) is 5.26. The highest BCUT2D eigenvalue weighted by Gasteiger charge is 2.08. The van der Waals surface area contributed by atoms with Gasteiger partial charge in [0.05, 0.1) is 18.5 Å². The molecule has 0 aliphatic heterocycles. The van der Waals surface area contributed by atoms with Gasteiger partial charge in [0.2, 0.25) is 0 Å². The molecular formula is C10H10ClFN4O. The normalized spacial score (nSPS) is 10.8. The van der Waals surface area contributed by atoms with Crippen molar-refractivity contribution >= 4 is 11.8 Å². The molecule has 0 radical (unpaired) electrons. The van der Waals surface area contributed by atoms with Gasteiger partial charge in [-0.05, 0) is 29.5 Å². The molecule has 7 heteroatoms. The van der Waals surface area contributed by atoms with Crippen LogP contribution >= 0.6 is 11.8 Å². The van der Waals surface area contributed by atoms with Crippen molar-refractivity contribution in [1.82, 2.24) is 19.8 Å². The van der Waals surface area contributed by atoms with Crippen molar-refractivity contribution in [3.8, 4) is 5.69 Å². The number of benzene rings is 1. The Balaban J connectivity index is 2.44. The van der Waals surface area contributed by atoms with E-state index in [0.29, 0.717) is 17.9 Å². The number of aliphatic hydroxyl groups is 1. The van der Waals surface area contributed by atoms with Crippen LogP contribution in [0.5, 0.6) is 0 Å². The lowest BCUT2D eigenvalue weighted by Crippen LogP contribution is -2.06. The summed E-state index contributed by atoms with van der Waals surface area (Å²) < 4.78 is 14.6. The number of hydrogen-bond donors (Lipinski definition) is 2. The van der Waals surface area contributed by atoms with Crippen LogP contribution in [-0.4, -0.2) is 20.1 Å². The average molecular weight is 257 g/mol. The van der Waals surface area contributed by atoms with E-state index in [1.807, 2.05) is 0 Å². The van der Waals surface area contributed by atoms with Crippen LogP contribution in [0.4, 0.5) is 4.39 Å². The third-order valence-corrected chi connectivity index (χ3v) is 2.39. The van der Waals surface area contributed by atoms with Crippen LogP contribution in [-0.2, 0) is 13.2 Å². The largest absolute Gasteiger partial charge is 0.390 e. The van der Waals surface area contributed by atoms with Crippen molar-refractivity contribution in [3.63, 3.8) is 0 Å². The first-order valence-electron chi connectivity index (χ1n) is 4.89. The number of rotatable bonds is 4. The second kappa shape index (κ2) is 5.22. The molecule has 1 aromatic carbocycles. The third kappa shape index (κ3) is 2.60. The molecule has 0 amide bonds. The molecule has 2 N–H and O–H groups in total. The molecule has 90 valence electrons. The van der Waals surface area contributed by atoms with Crippen LogP contribution in [0, 0.1) is 5.82 Å². The standard InChI is InChI=1S/C10H10ClFN4O/c11-13-4-7-1-2-8(12)3-10(7)16-5-9(6-17)14-15-16/h1-3,5,13,17H,4,6H2. The number of halogens is 2. The van der Waals surface area contributed by atoms with Crippen LogP contribution in [0.2, 0.25) is 0 Å². The van der Waals surface area contributed by atoms with Gasteiger partial charge in [0.25, 0.3) is 0 Å². The van der Waals surface area contributed by atoms with E-state index in [2.05, 4.69) is 15.1 Å². The smallest absolute Gasteiger partial charge is 0.125 e. The highest BCUT2D eigenvalue weighted by atomic mass is 35.5. The molecule has 0 aliphatic rings. The Bertz CT molecular complexity index is 517. The zero-order valence-corrected chi connectivity index (χ0v) is 9.52. The van der Waals surface area contributed by atoms with E-state index >= 15 is 0 Å². The molecule has 0 atom stereocenters. The predicted octanol–water partition coefficient (Wildman–Crippen LogP) is 1.14. The second-order valence-electron chi connectivity index (χ2n) is 3.40. The summed E-state index contributed by atoms with van der Waals surface area (Å²) in [6.07, 6.45) is 1.53. The average Bonchev–Trinajstić information content (AvgIpc) is 2.80. The third-order valence-electron chi connectivity index (χ3n) is 2.25. The van der Waals surface area contributed by atoms with Crippen molar-refractivity contribution in [3.05, 3.63) is 41.5 Å². The summed E-state index contributed by atoms with van der Waals surface area (Å²) >= 11 is 5.44. The van der Waals surface area contributed by atoms with Crippen molar-refractivity contribution < 1.29 is 9.50 Å². The van der Waals surface area contributed by atoms with Crippen molar-refractivity contribution in [2.24, 2.45) is 0 Å². The summed E-state index contributed by atoms with van der Waals surface area (Å²) in [5.41, 5.74) is 1.72. The molecule has 0 fully saturated rings. The van der Waals surface area contributed by atoms with Crippen LogP contribution in [0.3, 0.4) is 0 Å². The molecule has 1 heterocycles. The topological polar surface area (TPSA) is 63.0 Å². The number of nitrogens with zero attached hydrogens (tertiary/aromatic N) is 3. The Labute approximate surface area is 102 Å². The van der Waals surface area contributed by atoms with Crippen molar-refractivity contribution in [2.75, 3.05) is 0 Å². The van der Waals surface area contributed by atoms with E-state index in [9.17, 15) is 4.39 Å². The molecule has 0 saturated carbocycles. The highest BCUT2D eigenvalue weighted by molar-refractivity contribution is 6.13. The van der Waals surface area contributed by atoms with Gasteiger partial charge in [-0.1, -0.05) is 11.3 Å². The fraction of sp³-hybridized carbons (Fsp3) is 0.200. The molecule has 0 bridgehead atoms. The number of aromatic nitrogens is 3. The van der Waals surface area contributed by atoms with Gasteiger partial charge in [0, 0.05) is 6.54 Å². The summed E-state index contributed by atoms with van der Waals surface area (Å²) in [7, 11) is 0. The van der Waals surface area contributed by atoms with E-state index in [4.69, 9.17) is 16.9 Å². The lowest BCUT2D eigenvalue weighted by molar-refractivity contribution is 0.276. The zero-order chi connectivity index (χ0) is 12.3. The Morgan fingerprint density at radius 2 is 2.29 bits per heavy atom. The number of hydrogen-bond acceptors (Lipinski definition) is 4. The minimum atomic E-state index is -0.376. The SMILES string of the molecule is OCc1cn(-c2cc(F)ccc2CNCl)nn1. The van der Waals surface area contributed by atoms with E-state index in [0.717, 1.165) is 5.56 Å². The molecule has 5 nitrogen and oxygen atoms in total.